The van der Waals surface area contributed by atoms with Gasteiger partial charge in [0.1, 0.15) is 54.9 Å². The SMILES string of the molecule is CC/C=C\C/C=C\C/C=C\C/C=C\C/C=C\C/C=C\CCCCCCCCCOCC(COC1OC(COC2OC(CO)C(O)C(O)C2O)C(O)C(O)C1O)OC(=O)CCCCCCCCCCCC. The summed E-state index contributed by atoms with van der Waals surface area (Å²) in [6.45, 7) is 3.52. The van der Waals surface area contributed by atoms with E-state index < -0.39 is 80.7 Å². The van der Waals surface area contributed by atoms with Crippen LogP contribution in [0.5, 0.6) is 0 Å². The molecule has 2 aliphatic rings. The molecule has 404 valence electrons. The zero-order chi connectivity index (χ0) is 50.9. The van der Waals surface area contributed by atoms with Crippen molar-refractivity contribution in [2.45, 2.75) is 242 Å². The van der Waals surface area contributed by atoms with Crippen molar-refractivity contribution in [3.63, 3.8) is 0 Å². The lowest BCUT2D eigenvalue weighted by molar-refractivity contribution is -0.332. The third-order valence-electron chi connectivity index (χ3n) is 12.5. The van der Waals surface area contributed by atoms with Gasteiger partial charge < -0.3 is 64.2 Å². The Labute approximate surface area is 421 Å². The second kappa shape index (κ2) is 42.9. The number of unbranched alkanes of at least 4 members (excludes halogenated alkanes) is 16. The highest BCUT2D eigenvalue weighted by Gasteiger charge is 2.47. The number of esters is 1. The minimum absolute atomic E-state index is 0.0516. The summed E-state index contributed by atoms with van der Waals surface area (Å²) in [4.78, 5) is 13.0. The number of aliphatic hydroxyl groups is 7. The largest absolute Gasteiger partial charge is 0.457 e. The standard InChI is InChI=1S/C56H96O14/c1-3-5-7-9-11-13-15-16-17-18-19-20-21-22-23-24-25-26-27-28-29-30-32-34-36-38-40-65-42-45(68-48(58)39-37-35-33-31-14-12-10-8-6-4-2)43-66-55-54(64)52(62)50(60)47(70-55)44-67-56-53(63)51(61)49(59)46(41-57)69-56/h5,7,11,13,16-17,19-20,22-23,25-26,45-47,49-57,59-64H,3-4,6,8-10,12,14-15,18,21,24,27-44H2,1-2H3/b7-5-,13-11-,17-16-,20-19-,23-22-,26-25-. The van der Waals surface area contributed by atoms with E-state index in [-0.39, 0.29) is 25.6 Å². The van der Waals surface area contributed by atoms with E-state index in [1.54, 1.807) is 0 Å². The van der Waals surface area contributed by atoms with Gasteiger partial charge in [-0.2, -0.15) is 0 Å². The monoisotopic (exact) mass is 993 g/mol. The molecule has 0 aromatic carbocycles. The Bertz CT molecular complexity index is 1430. The Kier molecular flexibility index (Phi) is 38.9. The molecule has 0 aromatic heterocycles. The predicted octanol–water partition coefficient (Wildman–Crippen LogP) is 8.69. The van der Waals surface area contributed by atoms with Crippen molar-refractivity contribution in [2.75, 3.05) is 33.0 Å². The van der Waals surface area contributed by atoms with E-state index in [0.29, 0.717) is 13.0 Å². The van der Waals surface area contributed by atoms with Crippen molar-refractivity contribution in [3.8, 4) is 0 Å². The summed E-state index contributed by atoms with van der Waals surface area (Å²) >= 11 is 0. The Morgan fingerprint density at radius 3 is 1.46 bits per heavy atom. The summed E-state index contributed by atoms with van der Waals surface area (Å²) in [5.41, 5.74) is 0. The van der Waals surface area contributed by atoms with E-state index in [1.807, 2.05) is 0 Å². The van der Waals surface area contributed by atoms with Crippen LogP contribution in [-0.4, -0.2) is 142 Å². The Morgan fingerprint density at radius 2 is 0.929 bits per heavy atom. The highest BCUT2D eigenvalue weighted by atomic mass is 16.7. The number of carbonyl (C=O) groups excluding carboxylic acids is 1. The third kappa shape index (κ3) is 29.8. The van der Waals surface area contributed by atoms with Crippen LogP contribution in [0.2, 0.25) is 0 Å². The molecule has 11 unspecified atom stereocenters. The van der Waals surface area contributed by atoms with Crippen LogP contribution in [0.4, 0.5) is 0 Å². The highest BCUT2D eigenvalue weighted by molar-refractivity contribution is 5.69. The van der Waals surface area contributed by atoms with Crippen LogP contribution in [0.25, 0.3) is 0 Å². The molecule has 0 aliphatic carbocycles. The van der Waals surface area contributed by atoms with Gasteiger partial charge in [0.2, 0.25) is 0 Å². The van der Waals surface area contributed by atoms with Crippen LogP contribution >= 0.6 is 0 Å². The predicted molar refractivity (Wildman–Crippen MR) is 275 cm³/mol. The first kappa shape index (κ1) is 63.5. The number of allylic oxidation sites excluding steroid dienone is 12. The molecule has 0 aromatic rings. The highest BCUT2D eigenvalue weighted by Crippen LogP contribution is 2.26. The molecule has 2 rings (SSSR count). The molecule has 0 spiro atoms. The molecule has 0 amide bonds. The van der Waals surface area contributed by atoms with Crippen LogP contribution < -0.4 is 0 Å². The molecule has 0 saturated carbocycles. The van der Waals surface area contributed by atoms with Crippen LogP contribution in [0, 0.1) is 0 Å². The molecule has 2 aliphatic heterocycles. The van der Waals surface area contributed by atoms with Crippen molar-refractivity contribution in [2.24, 2.45) is 0 Å². The fourth-order valence-electron chi connectivity index (χ4n) is 8.11. The van der Waals surface area contributed by atoms with Gasteiger partial charge in [-0.1, -0.05) is 177 Å². The Morgan fingerprint density at radius 1 is 0.486 bits per heavy atom. The van der Waals surface area contributed by atoms with E-state index >= 15 is 0 Å². The van der Waals surface area contributed by atoms with Crippen LogP contribution in [0.1, 0.15) is 174 Å². The van der Waals surface area contributed by atoms with E-state index in [4.69, 9.17) is 28.4 Å². The van der Waals surface area contributed by atoms with Gasteiger partial charge in [0, 0.05) is 13.0 Å². The number of aliphatic hydroxyl groups excluding tert-OH is 7. The summed E-state index contributed by atoms with van der Waals surface area (Å²) in [5, 5.41) is 72.1. The van der Waals surface area contributed by atoms with Gasteiger partial charge in [-0.25, -0.2) is 0 Å². The molecular weight excluding hydrogens is 897 g/mol. The first-order valence-corrected chi connectivity index (χ1v) is 27.0. The normalized spacial score (nSPS) is 26.1. The molecule has 14 nitrogen and oxygen atoms in total. The van der Waals surface area contributed by atoms with Gasteiger partial charge in [-0.15, -0.1) is 0 Å². The lowest BCUT2D eigenvalue weighted by Gasteiger charge is -2.42. The molecular formula is C56H96O14. The van der Waals surface area contributed by atoms with Gasteiger partial charge in [-0.05, 0) is 64.2 Å². The number of rotatable bonds is 42. The number of hydrogen-bond acceptors (Lipinski definition) is 14. The third-order valence-corrected chi connectivity index (χ3v) is 12.5. The topological polar surface area (TPSA) is 214 Å². The van der Waals surface area contributed by atoms with Gasteiger partial charge in [0.05, 0.1) is 26.4 Å². The summed E-state index contributed by atoms with van der Waals surface area (Å²) in [7, 11) is 0. The number of hydrogen-bond donors (Lipinski definition) is 7. The maximum atomic E-state index is 13.0. The molecule has 0 bridgehead atoms. The Hall–Kier alpha value is -2.57. The lowest BCUT2D eigenvalue weighted by atomic mass is 9.98. The average Bonchev–Trinajstić information content (AvgIpc) is 3.36. The lowest BCUT2D eigenvalue weighted by Crippen LogP contribution is -2.61. The molecule has 7 N–H and O–H groups in total. The van der Waals surface area contributed by atoms with Crippen LogP contribution in [0.15, 0.2) is 72.9 Å². The van der Waals surface area contributed by atoms with E-state index in [1.165, 1.54) is 57.8 Å². The molecule has 11 atom stereocenters. The van der Waals surface area contributed by atoms with E-state index in [2.05, 4.69) is 86.8 Å². The van der Waals surface area contributed by atoms with Crippen molar-refractivity contribution >= 4 is 5.97 Å². The zero-order valence-electron chi connectivity index (χ0n) is 43.0. The maximum absolute atomic E-state index is 13.0. The van der Waals surface area contributed by atoms with Gasteiger partial charge in [0.25, 0.3) is 0 Å². The molecule has 14 heteroatoms. The quantitative estimate of drug-likeness (QED) is 0.0173. The van der Waals surface area contributed by atoms with Crippen molar-refractivity contribution < 1.29 is 69.0 Å². The maximum Gasteiger partial charge on any atom is 0.306 e. The summed E-state index contributed by atoms with van der Waals surface area (Å²) in [6, 6.07) is 0. The molecule has 70 heavy (non-hydrogen) atoms. The minimum Gasteiger partial charge on any atom is -0.457 e. The smallest absolute Gasteiger partial charge is 0.306 e. The average molecular weight is 993 g/mol. The first-order valence-electron chi connectivity index (χ1n) is 27.0. The molecule has 2 heterocycles. The summed E-state index contributed by atoms with van der Waals surface area (Å²) in [6.07, 6.45) is 36.9. The molecule has 0 radical (unpaired) electrons. The van der Waals surface area contributed by atoms with Crippen molar-refractivity contribution in [3.05, 3.63) is 72.9 Å². The van der Waals surface area contributed by atoms with Crippen molar-refractivity contribution in [1.82, 2.24) is 0 Å². The summed E-state index contributed by atoms with van der Waals surface area (Å²) < 4.78 is 34.2. The summed E-state index contributed by atoms with van der Waals surface area (Å²) in [5.74, 6) is -0.385. The number of carbonyl (C=O) groups is 1. The Balaban J connectivity index is 1.69. The van der Waals surface area contributed by atoms with Crippen molar-refractivity contribution in [1.29, 1.82) is 0 Å². The van der Waals surface area contributed by atoms with Gasteiger partial charge >= 0.3 is 5.97 Å². The first-order chi connectivity index (χ1) is 34.1. The van der Waals surface area contributed by atoms with Gasteiger partial charge in [0.15, 0.2) is 12.6 Å². The van der Waals surface area contributed by atoms with Crippen LogP contribution in [-0.2, 0) is 33.2 Å². The second-order valence-electron chi connectivity index (χ2n) is 18.7. The minimum atomic E-state index is -1.71. The number of ether oxygens (including phenoxy) is 6. The van der Waals surface area contributed by atoms with Gasteiger partial charge in [-0.3, -0.25) is 4.79 Å². The zero-order valence-corrected chi connectivity index (χ0v) is 43.0. The molecule has 2 saturated heterocycles. The fourth-order valence-corrected chi connectivity index (χ4v) is 8.11. The van der Waals surface area contributed by atoms with E-state index in [9.17, 15) is 40.5 Å². The fraction of sp³-hybridized carbons (Fsp3) is 0.768. The van der Waals surface area contributed by atoms with E-state index in [0.717, 1.165) is 89.9 Å². The van der Waals surface area contributed by atoms with Crippen LogP contribution in [0.3, 0.4) is 0 Å². The molecule has 2 fully saturated rings. The second-order valence-corrected chi connectivity index (χ2v) is 18.7.